The van der Waals surface area contributed by atoms with Crippen LogP contribution in [0.15, 0.2) is 54.6 Å². The lowest BCUT2D eigenvalue weighted by atomic mass is 10.2. The van der Waals surface area contributed by atoms with Gasteiger partial charge in [0.2, 0.25) is 0 Å². The molecule has 3 heteroatoms. The van der Waals surface area contributed by atoms with Gasteiger partial charge in [-0.15, -0.1) is 0 Å². The maximum Gasteiger partial charge on any atom is 0.251 e. The number of hydrogen-bond donors (Lipinski definition) is 2. The zero-order valence-corrected chi connectivity index (χ0v) is 11.7. The van der Waals surface area contributed by atoms with Gasteiger partial charge >= 0.3 is 0 Å². The lowest BCUT2D eigenvalue weighted by Gasteiger charge is -2.09. The summed E-state index contributed by atoms with van der Waals surface area (Å²) in [7, 11) is 0. The van der Waals surface area contributed by atoms with E-state index in [1.807, 2.05) is 42.5 Å². The van der Waals surface area contributed by atoms with Crippen LogP contribution < -0.4 is 10.6 Å². The van der Waals surface area contributed by atoms with Crippen molar-refractivity contribution < 1.29 is 4.79 Å². The van der Waals surface area contributed by atoms with Crippen molar-refractivity contribution in [3.63, 3.8) is 0 Å². The summed E-state index contributed by atoms with van der Waals surface area (Å²) >= 11 is 0. The first-order valence-electron chi connectivity index (χ1n) is 6.90. The smallest absolute Gasteiger partial charge is 0.251 e. The summed E-state index contributed by atoms with van der Waals surface area (Å²) in [4.78, 5) is 11.8. The summed E-state index contributed by atoms with van der Waals surface area (Å²) < 4.78 is 0. The third kappa shape index (κ3) is 4.12. The molecule has 0 aliphatic heterocycles. The fraction of sp³-hybridized carbons (Fsp3) is 0.235. The first kappa shape index (κ1) is 14.1. The average Bonchev–Trinajstić information content (AvgIpc) is 2.49. The van der Waals surface area contributed by atoms with Gasteiger partial charge in [0.1, 0.15) is 0 Å². The molecule has 20 heavy (non-hydrogen) atoms. The normalized spacial score (nSPS) is 10.1. The number of aryl methyl sites for hydroxylation is 1. The van der Waals surface area contributed by atoms with Crippen LogP contribution in [0, 0.1) is 6.92 Å². The lowest BCUT2D eigenvalue weighted by Crippen LogP contribution is -2.25. The molecule has 2 aromatic rings. The van der Waals surface area contributed by atoms with E-state index in [2.05, 4.69) is 29.7 Å². The van der Waals surface area contributed by atoms with Crippen LogP contribution in [0.3, 0.4) is 0 Å². The zero-order chi connectivity index (χ0) is 14.2. The highest BCUT2D eigenvalue weighted by Gasteiger charge is 2.02. The molecule has 3 nitrogen and oxygen atoms in total. The number of rotatable bonds is 6. The van der Waals surface area contributed by atoms with E-state index in [1.165, 1.54) is 5.56 Å². The molecule has 0 aromatic heterocycles. The highest BCUT2D eigenvalue weighted by atomic mass is 16.1. The van der Waals surface area contributed by atoms with Crippen molar-refractivity contribution in [1.29, 1.82) is 0 Å². The van der Waals surface area contributed by atoms with Gasteiger partial charge in [-0.3, -0.25) is 4.79 Å². The van der Waals surface area contributed by atoms with E-state index in [0.717, 1.165) is 18.7 Å². The number of anilines is 1. The molecule has 2 N–H and O–H groups in total. The number of nitrogens with one attached hydrogen (secondary N) is 2. The first-order chi connectivity index (χ1) is 9.77. The largest absolute Gasteiger partial charge is 0.385 e. The van der Waals surface area contributed by atoms with Crippen molar-refractivity contribution >= 4 is 11.6 Å². The summed E-state index contributed by atoms with van der Waals surface area (Å²) in [5, 5.41) is 6.30. The van der Waals surface area contributed by atoms with E-state index in [1.54, 1.807) is 0 Å². The molecule has 0 radical (unpaired) electrons. The average molecular weight is 268 g/mol. The van der Waals surface area contributed by atoms with Crippen molar-refractivity contribution in [2.75, 3.05) is 18.4 Å². The molecule has 0 atom stereocenters. The second kappa shape index (κ2) is 7.34. The predicted molar refractivity (Wildman–Crippen MR) is 83.1 cm³/mol. The van der Waals surface area contributed by atoms with Gasteiger partial charge in [0.25, 0.3) is 5.91 Å². The maximum absolute atomic E-state index is 11.8. The zero-order valence-electron chi connectivity index (χ0n) is 11.7. The van der Waals surface area contributed by atoms with E-state index >= 15 is 0 Å². The van der Waals surface area contributed by atoms with Crippen molar-refractivity contribution in [1.82, 2.24) is 5.32 Å². The van der Waals surface area contributed by atoms with E-state index in [9.17, 15) is 4.79 Å². The molecular formula is C17H20N2O. The van der Waals surface area contributed by atoms with Crippen LogP contribution in [0.4, 0.5) is 5.69 Å². The van der Waals surface area contributed by atoms with Crippen molar-refractivity contribution in [3.8, 4) is 0 Å². The van der Waals surface area contributed by atoms with Crippen LogP contribution in [0.25, 0.3) is 0 Å². The molecule has 0 saturated carbocycles. The SMILES string of the molecule is Cc1ccccc1NCCCNC(=O)c1ccccc1. The minimum atomic E-state index is -0.0125. The number of amides is 1. The van der Waals surface area contributed by atoms with Crippen LogP contribution in [0.5, 0.6) is 0 Å². The Balaban J connectivity index is 1.67. The van der Waals surface area contributed by atoms with E-state index in [0.29, 0.717) is 12.1 Å². The number of para-hydroxylation sites is 1. The van der Waals surface area contributed by atoms with Crippen LogP contribution in [0.1, 0.15) is 22.3 Å². The Hall–Kier alpha value is -2.29. The Morgan fingerprint density at radius 2 is 1.65 bits per heavy atom. The van der Waals surface area contributed by atoms with Crippen molar-refractivity contribution in [2.24, 2.45) is 0 Å². The topological polar surface area (TPSA) is 41.1 Å². The molecule has 0 aliphatic carbocycles. The maximum atomic E-state index is 11.8. The molecule has 0 bridgehead atoms. The molecule has 0 saturated heterocycles. The van der Waals surface area contributed by atoms with Gasteiger partial charge < -0.3 is 10.6 Å². The van der Waals surface area contributed by atoms with Crippen LogP contribution in [-0.4, -0.2) is 19.0 Å². The van der Waals surface area contributed by atoms with E-state index in [-0.39, 0.29) is 5.91 Å². The number of benzene rings is 2. The quantitative estimate of drug-likeness (QED) is 0.790. The van der Waals surface area contributed by atoms with Gasteiger partial charge in [0.15, 0.2) is 0 Å². The number of hydrogen-bond acceptors (Lipinski definition) is 2. The summed E-state index contributed by atoms with van der Waals surface area (Å²) in [6, 6.07) is 17.5. The second-order valence-electron chi connectivity index (χ2n) is 4.72. The van der Waals surface area contributed by atoms with E-state index < -0.39 is 0 Å². The van der Waals surface area contributed by atoms with Crippen molar-refractivity contribution in [2.45, 2.75) is 13.3 Å². The highest BCUT2D eigenvalue weighted by Crippen LogP contribution is 2.12. The van der Waals surface area contributed by atoms with Gasteiger partial charge in [-0.1, -0.05) is 36.4 Å². The van der Waals surface area contributed by atoms with Crippen LogP contribution >= 0.6 is 0 Å². The minimum absolute atomic E-state index is 0.0125. The molecule has 2 rings (SSSR count). The molecule has 0 heterocycles. The fourth-order valence-electron chi connectivity index (χ4n) is 1.98. The first-order valence-corrected chi connectivity index (χ1v) is 6.90. The molecule has 2 aromatic carbocycles. The van der Waals surface area contributed by atoms with Gasteiger partial charge in [0, 0.05) is 24.3 Å². The number of carbonyl (C=O) groups excluding carboxylic acids is 1. The molecule has 0 fully saturated rings. The Kier molecular flexibility index (Phi) is 5.18. The predicted octanol–water partition coefficient (Wildman–Crippen LogP) is 3.23. The Morgan fingerprint density at radius 1 is 0.950 bits per heavy atom. The highest BCUT2D eigenvalue weighted by molar-refractivity contribution is 5.94. The molecular weight excluding hydrogens is 248 g/mol. The van der Waals surface area contributed by atoms with Gasteiger partial charge in [0.05, 0.1) is 0 Å². The standard InChI is InChI=1S/C17H20N2O/c1-14-8-5-6-11-16(14)18-12-7-13-19-17(20)15-9-3-2-4-10-15/h2-6,8-11,18H,7,12-13H2,1H3,(H,19,20). The third-order valence-electron chi connectivity index (χ3n) is 3.14. The minimum Gasteiger partial charge on any atom is -0.385 e. The second-order valence-corrected chi connectivity index (χ2v) is 4.72. The molecule has 0 unspecified atom stereocenters. The summed E-state index contributed by atoms with van der Waals surface area (Å²) in [5.41, 5.74) is 3.10. The molecule has 0 aliphatic rings. The molecule has 104 valence electrons. The van der Waals surface area contributed by atoms with Gasteiger partial charge in [-0.2, -0.15) is 0 Å². The summed E-state index contributed by atoms with van der Waals surface area (Å²) in [6.45, 7) is 3.60. The van der Waals surface area contributed by atoms with Crippen molar-refractivity contribution in [3.05, 3.63) is 65.7 Å². The Bertz CT molecular complexity index is 552. The van der Waals surface area contributed by atoms with E-state index in [4.69, 9.17) is 0 Å². The number of carbonyl (C=O) groups is 1. The third-order valence-corrected chi connectivity index (χ3v) is 3.14. The van der Waals surface area contributed by atoms with Gasteiger partial charge in [-0.25, -0.2) is 0 Å². The lowest BCUT2D eigenvalue weighted by molar-refractivity contribution is 0.0953. The van der Waals surface area contributed by atoms with Crippen LogP contribution in [-0.2, 0) is 0 Å². The monoisotopic (exact) mass is 268 g/mol. The van der Waals surface area contributed by atoms with Gasteiger partial charge in [-0.05, 0) is 37.1 Å². The summed E-state index contributed by atoms with van der Waals surface area (Å²) in [5.74, 6) is -0.0125. The Morgan fingerprint density at radius 3 is 2.40 bits per heavy atom. The molecule has 0 spiro atoms. The molecule has 1 amide bonds. The fourth-order valence-corrected chi connectivity index (χ4v) is 1.98. The van der Waals surface area contributed by atoms with Crippen LogP contribution in [0.2, 0.25) is 0 Å². The Labute approximate surface area is 120 Å². The summed E-state index contributed by atoms with van der Waals surface area (Å²) in [6.07, 6.45) is 0.896.